The number of aliphatic imine (C=N–C) groups is 1. The van der Waals surface area contributed by atoms with Crippen LogP contribution >= 0.6 is 0 Å². The van der Waals surface area contributed by atoms with Gasteiger partial charge in [0.05, 0.1) is 5.60 Å². The molecule has 2 rings (SSSR count). The number of hydrogen-bond donors (Lipinski definition) is 3. The molecule has 0 saturated carbocycles. The Bertz CT molecular complexity index is 509. The summed E-state index contributed by atoms with van der Waals surface area (Å²) >= 11 is 0. The minimum atomic E-state index is -0.0721. The average Bonchev–Trinajstić information content (AvgIpc) is 3.01. The van der Waals surface area contributed by atoms with Crippen molar-refractivity contribution in [2.24, 2.45) is 10.9 Å². The molecule has 3 N–H and O–H groups in total. The SMILES string of the molecule is CN=C(NCC(Nc1ccccc1)C(C)C)NCC1(C)CCCO1. The average molecular weight is 332 g/mol. The second-order valence-electron chi connectivity index (χ2n) is 7.07. The predicted molar refractivity (Wildman–Crippen MR) is 102 cm³/mol. The minimum absolute atomic E-state index is 0.0721. The molecule has 1 aromatic carbocycles. The van der Waals surface area contributed by atoms with Gasteiger partial charge in [-0.3, -0.25) is 4.99 Å². The third kappa shape index (κ3) is 5.71. The molecule has 1 heterocycles. The van der Waals surface area contributed by atoms with Gasteiger partial charge in [0.15, 0.2) is 5.96 Å². The van der Waals surface area contributed by atoms with Crippen LogP contribution in [0.15, 0.2) is 35.3 Å². The Morgan fingerprint density at radius 2 is 2.00 bits per heavy atom. The van der Waals surface area contributed by atoms with E-state index in [0.29, 0.717) is 12.0 Å². The number of para-hydroxylation sites is 1. The number of rotatable bonds is 7. The summed E-state index contributed by atoms with van der Waals surface area (Å²) in [7, 11) is 1.81. The second kappa shape index (κ2) is 8.92. The summed E-state index contributed by atoms with van der Waals surface area (Å²) in [5.74, 6) is 1.33. The van der Waals surface area contributed by atoms with Crippen LogP contribution in [-0.2, 0) is 4.74 Å². The molecule has 5 nitrogen and oxygen atoms in total. The largest absolute Gasteiger partial charge is 0.380 e. The van der Waals surface area contributed by atoms with E-state index in [1.54, 1.807) is 0 Å². The van der Waals surface area contributed by atoms with Crippen molar-refractivity contribution in [2.75, 3.05) is 32.1 Å². The van der Waals surface area contributed by atoms with Crippen molar-refractivity contribution in [1.82, 2.24) is 10.6 Å². The molecule has 0 radical (unpaired) electrons. The van der Waals surface area contributed by atoms with Crippen LogP contribution in [0, 0.1) is 5.92 Å². The van der Waals surface area contributed by atoms with Crippen molar-refractivity contribution in [3.05, 3.63) is 30.3 Å². The summed E-state index contributed by atoms with van der Waals surface area (Å²) in [6.07, 6.45) is 2.24. The molecule has 0 amide bonds. The van der Waals surface area contributed by atoms with Crippen LogP contribution in [-0.4, -0.2) is 44.3 Å². The highest BCUT2D eigenvalue weighted by atomic mass is 16.5. The molecule has 0 bridgehead atoms. The molecule has 134 valence electrons. The maximum Gasteiger partial charge on any atom is 0.191 e. The van der Waals surface area contributed by atoms with Gasteiger partial charge in [0.1, 0.15) is 0 Å². The standard InChI is InChI=1S/C19H32N4O/c1-15(2)17(23-16-9-6-5-7-10-16)13-21-18(20-4)22-14-19(3)11-8-12-24-19/h5-7,9-10,15,17,23H,8,11-14H2,1-4H3,(H2,20,21,22). The number of anilines is 1. The molecule has 1 aliphatic heterocycles. The Balaban J connectivity index is 1.83. The molecule has 1 aliphatic rings. The number of nitrogens with one attached hydrogen (secondary N) is 3. The molecule has 1 fully saturated rings. The molecule has 1 aromatic rings. The van der Waals surface area contributed by atoms with Crippen LogP contribution in [0.3, 0.4) is 0 Å². The molecule has 24 heavy (non-hydrogen) atoms. The Morgan fingerprint density at radius 3 is 2.58 bits per heavy atom. The van der Waals surface area contributed by atoms with Crippen LogP contribution in [0.5, 0.6) is 0 Å². The lowest BCUT2D eigenvalue weighted by Gasteiger charge is -2.27. The topological polar surface area (TPSA) is 57.7 Å². The third-order valence-electron chi connectivity index (χ3n) is 4.57. The lowest BCUT2D eigenvalue weighted by molar-refractivity contribution is 0.0243. The summed E-state index contributed by atoms with van der Waals surface area (Å²) < 4.78 is 5.82. The molecule has 2 unspecified atom stereocenters. The van der Waals surface area contributed by atoms with E-state index in [2.05, 4.69) is 66.0 Å². The van der Waals surface area contributed by atoms with E-state index in [1.807, 2.05) is 13.1 Å². The Morgan fingerprint density at radius 1 is 1.25 bits per heavy atom. The number of guanidine groups is 1. The fourth-order valence-corrected chi connectivity index (χ4v) is 2.88. The van der Waals surface area contributed by atoms with E-state index in [9.17, 15) is 0 Å². The van der Waals surface area contributed by atoms with Gasteiger partial charge >= 0.3 is 0 Å². The highest BCUT2D eigenvalue weighted by Crippen LogP contribution is 2.23. The van der Waals surface area contributed by atoms with Gasteiger partial charge < -0.3 is 20.7 Å². The molecule has 5 heteroatoms. The van der Waals surface area contributed by atoms with Gasteiger partial charge in [-0.05, 0) is 37.8 Å². The van der Waals surface area contributed by atoms with Crippen LogP contribution in [0.25, 0.3) is 0 Å². The first-order valence-electron chi connectivity index (χ1n) is 8.92. The van der Waals surface area contributed by atoms with E-state index in [1.165, 1.54) is 0 Å². The van der Waals surface area contributed by atoms with Gasteiger partial charge in [0, 0.05) is 38.5 Å². The van der Waals surface area contributed by atoms with Crippen molar-refractivity contribution >= 4 is 11.6 Å². The van der Waals surface area contributed by atoms with Crippen molar-refractivity contribution in [1.29, 1.82) is 0 Å². The van der Waals surface area contributed by atoms with E-state index in [0.717, 1.165) is 44.2 Å². The highest BCUT2D eigenvalue weighted by molar-refractivity contribution is 5.79. The molecule has 0 aliphatic carbocycles. The van der Waals surface area contributed by atoms with Crippen molar-refractivity contribution in [2.45, 2.75) is 45.3 Å². The van der Waals surface area contributed by atoms with Crippen LogP contribution < -0.4 is 16.0 Å². The van der Waals surface area contributed by atoms with Gasteiger partial charge in [-0.2, -0.15) is 0 Å². The van der Waals surface area contributed by atoms with Crippen molar-refractivity contribution in [3.63, 3.8) is 0 Å². The zero-order valence-corrected chi connectivity index (χ0v) is 15.4. The van der Waals surface area contributed by atoms with E-state index in [4.69, 9.17) is 4.74 Å². The molecule has 2 atom stereocenters. The number of ether oxygens (including phenoxy) is 1. The predicted octanol–water partition coefficient (Wildman–Crippen LogP) is 2.86. The van der Waals surface area contributed by atoms with Crippen LogP contribution in [0.1, 0.15) is 33.6 Å². The molecule has 1 saturated heterocycles. The first-order valence-corrected chi connectivity index (χ1v) is 8.92. The fourth-order valence-electron chi connectivity index (χ4n) is 2.88. The summed E-state index contributed by atoms with van der Waals surface area (Å²) in [6, 6.07) is 10.7. The molecular weight excluding hydrogens is 300 g/mol. The Kier molecular flexibility index (Phi) is 6.91. The Hall–Kier alpha value is -1.75. The second-order valence-corrected chi connectivity index (χ2v) is 7.07. The number of benzene rings is 1. The maximum atomic E-state index is 5.82. The first-order chi connectivity index (χ1) is 11.5. The summed E-state index contributed by atoms with van der Waals surface area (Å²) in [4.78, 5) is 4.33. The minimum Gasteiger partial charge on any atom is -0.380 e. The summed E-state index contributed by atoms with van der Waals surface area (Å²) in [5.41, 5.74) is 1.07. The molecule has 0 spiro atoms. The molecular formula is C19H32N4O. The summed E-state index contributed by atoms with van der Waals surface area (Å²) in [5, 5.41) is 10.4. The first kappa shape index (κ1) is 18.6. The Labute approximate surface area is 146 Å². The summed E-state index contributed by atoms with van der Waals surface area (Å²) in [6.45, 7) is 9.07. The van der Waals surface area contributed by atoms with E-state index < -0.39 is 0 Å². The van der Waals surface area contributed by atoms with Gasteiger partial charge in [0.25, 0.3) is 0 Å². The van der Waals surface area contributed by atoms with Gasteiger partial charge in [-0.25, -0.2) is 0 Å². The van der Waals surface area contributed by atoms with Gasteiger partial charge in [-0.15, -0.1) is 0 Å². The quantitative estimate of drug-likeness (QED) is 0.531. The lowest BCUT2D eigenvalue weighted by atomic mass is 10.0. The monoisotopic (exact) mass is 332 g/mol. The number of nitrogens with zero attached hydrogens (tertiary/aromatic N) is 1. The maximum absolute atomic E-state index is 5.82. The third-order valence-corrected chi connectivity index (χ3v) is 4.57. The fraction of sp³-hybridized carbons (Fsp3) is 0.632. The highest BCUT2D eigenvalue weighted by Gasteiger charge is 2.29. The van der Waals surface area contributed by atoms with E-state index >= 15 is 0 Å². The van der Waals surface area contributed by atoms with Crippen molar-refractivity contribution < 1.29 is 4.74 Å². The zero-order valence-electron chi connectivity index (χ0n) is 15.4. The van der Waals surface area contributed by atoms with E-state index in [-0.39, 0.29) is 5.60 Å². The van der Waals surface area contributed by atoms with Crippen LogP contribution in [0.4, 0.5) is 5.69 Å². The molecule has 0 aromatic heterocycles. The lowest BCUT2D eigenvalue weighted by Crippen LogP contribution is -2.48. The normalized spacial score (nSPS) is 22.5. The van der Waals surface area contributed by atoms with Gasteiger partial charge in [-0.1, -0.05) is 32.0 Å². The van der Waals surface area contributed by atoms with Crippen molar-refractivity contribution in [3.8, 4) is 0 Å². The zero-order chi connectivity index (χ0) is 17.4. The number of hydrogen-bond acceptors (Lipinski definition) is 3. The van der Waals surface area contributed by atoms with Gasteiger partial charge in [0.2, 0.25) is 0 Å². The smallest absolute Gasteiger partial charge is 0.191 e. The van der Waals surface area contributed by atoms with Crippen LogP contribution in [0.2, 0.25) is 0 Å².